The van der Waals surface area contributed by atoms with E-state index in [-0.39, 0.29) is 24.5 Å². The molecule has 0 N–H and O–H groups in total. The summed E-state index contributed by atoms with van der Waals surface area (Å²) in [5.41, 5.74) is 0.429. The summed E-state index contributed by atoms with van der Waals surface area (Å²) in [5.74, 6) is -1.23. The highest BCUT2D eigenvalue weighted by Crippen LogP contribution is 2.31. The molecule has 0 aliphatic heterocycles. The minimum absolute atomic E-state index is 0.162. The highest BCUT2D eigenvalue weighted by atomic mass is 16.6. The van der Waals surface area contributed by atoms with Crippen LogP contribution in [0, 0.1) is 17.0 Å². The first-order valence-corrected chi connectivity index (χ1v) is 6.03. The maximum absolute atomic E-state index is 11.4. The van der Waals surface area contributed by atoms with Crippen LogP contribution in [0.3, 0.4) is 0 Å². The third-order valence-electron chi connectivity index (χ3n) is 2.83. The van der Waals surface area contributed by atoms with E-state index < -0.39 is 16.9 Å². The number of para-hydroxylation sites is 1. The van der Waals surface area contributed by atoms with Crippen molar-refractivity contribution < 1.29 is 24.0 Å². The van der Waals surface area contributed by atoms with Crippen LogP contribution in [0.1, 0.15) is 5.56 Å². The number of nitro benzene ring substituents is 1. The Labute approximate surface area is 121 Å². The van der Waals surface area contributed by atoms with Crippen LogP contribution in [0.5, 0.6) is 0 Å². The molecule has 0 aliphatic carbocycles. The molecular weight excluding hydrogens is 280 g/mol. The van der Waals surface area contributed by atoms with Crippen molar-refractivity contribution in [3.05, 3.63) is 33.9 Å². The fraction of sp³-hybridized carbons (Fsp3) is 0.385. The second-order valence-corrected chi connectivity index (χ2v) is 4.21. The number of esters is 2. The summed E-state index contributed by atoms with van der Waals surface area (Å²) < 4.78 is 9.09. The van der Waals surface area contributed by atoms with Gasteiger partial charge in [0.2, 0.25) is 0 Å². The average Bonchev–Trinajstić information content (AvgIpc) is 2.45. The van der Waals surface area contributed by atoms with Crippen molar-refractivity contribution in [3.8, 4) is 0 Å². The zero-order valence-electron chi connectivity index (χ0n) is 12.0. The molecule has 114 valence electrons. The summed E-state index contributed by atoms with van der Waals surface area (Å²) in [6, 6.07) is 4.66. The summed E-state index contributed by atoms with van der Waals surface area (Å²) in [5, 5.41) is 11.2. The van der Waals surface area contributed by atoms with Gasteiger partial charge in [0.25, 0.3) is 5.69 Å². The molecular formula is C13H16N2O6. The smallest absolute Gasteiger partial charge is 0.325 e. The number of rotatable bonds is 6. The van der Waals surface area contributed by atoms with Crippen molar-refractivity contribution in [1.29, 1.82) is 0 Å². The van der Waals surface area contributed by atoms with Crippen molar-refractivity contribution in [3.63, 3.8) is 0 Å². The fourth-order valence-electron chi connectivity index (χ4n) is 1.80. The molecule has 0 bridgehead atoms. The first-order chi connectivity index (χ1) is 9.90. The first kappa shape index (κ1) is 16.4. The maximum Gasteiger partial charge on any atom is 0.325 e. The Morgan fingerprint density at radius 1 is 1.19 bits per heavy atom. The average molecular weight is 296 g/mol. The van der Waals surface area contributed by atoms with E-state index in [1.54, 1.807) is 19.1 Å². The van der Waals surface area contributed by atoms with Gasteiger partial charge in [-0.15, -0.1) is 0 Å². The van der Waals surface area contributed by atoms with Gasteiger partial charge >= 0.3 is 11.9 Å². The Kier molecular flexibility index (Phi) is 5.65. The molecule has 1 aromatic carbocycles. The summed E-state index contributed by atoms with van der Waals surface area (Å²) >= 11 is 0. The van der Waals surface area contributed by atoms with Gasteiger partial charge in [-0.25, -0.2) is 0 Å². The molecule has 0 unspecified atom stereocenters. The largest absolute Gasteiger partial charge is 0.468 e. The fourth-order valence-corrected chi connectivity index (χ4v) is 1.80. The Morgan fingerprint density at radius 3 is 2.14 bits per heavy atom. The molecule has 21 heavy (non-hydrogen) atoms. The molecule has 0 fully saturated rings. The molecule has 0 spiro atoms. The third kappa shape index (κ3) is 4.16. The molecule has 0 saturated carbocycles. The molecule has 1 aromatic rings. The number of methoxy groups -OCH3 is 2. The molecule has 0 amide bonds. The molecule has 0 atom stereocenters. The highest BCUT2D eigenvalue weighted by molar-refractivity contribution is 5.83. The zero-order chi connectivity index (χ0) is 16.0. The second-order valence-electron chi connectivity index (χ2n) is 4.21. The molecule has 0 saturated heterocycles. The van der Waals surface area contributed by atoms with E-state index >= 15 is 0 Å². The van der Waals surface area contributed by atoms with E-state index in [0.29, 0.717) is 5.56 Å². The van der Waals surface area contributed by atoms with Crippen molar-refractivity contribution in [2.24, 2.45) is 0 Å². The number of anilines is 1. The predicted octanol–water partition coefficient (Wildman–Crippen LogP) is 1.06. The van der Waals surface area contributed by atoms with Crippen molar-refractivity contribution in [2.45, 2.75) is 6.92 Å². The van der Waals surface area contributed by atoms with Gasteiger partial charge in [0, 0.05) is 5.56 Å². The number of carbonyl (C=O) groups is 2. The number of carbonyl (C=O) groups excluding carboxylic acids is 2. The van der Waals surface area contributed by atoms with E-state index in [1.807, 2.05) is 0 Å². The number of nitro groups is 1. The number of hydrogen-bond acceptors (Lipinski definition) is 7. The van der Waals surface area contributed by atoms with Crippen LogP contribution in [0.25, 0.3) is 0 Å². The number of ether oxygens (including phenoxy) is 2. The van der Waals surface area contributed by atoms with Gasteiger partial charge in [-0.3, -0.25) is 19.7 Å². The third-order valence-corrected chi connectivity index (χ3v) is 2.83. The van der Waals surface area contributed by atoms with Gasteiger partial charge in [0.05, 0.1) is 19.1 Å². The lowest BCUT2D eigenvalue weighted by atomic mass is 10.1. The molecule has 0 aromatic heterocycles. The normalized spacial score (nSPS) is 9.86. The van der Waals surface area contributed by atoms with E-state index in [0.717, 1.165) is 0 Å². The minimum Gasteiger partial charge on any atom is -0.468 e. The SMILES string of the molecule is COC(=O)CN(CC(=O)OC)c1cccc(C)c1[N+](=O)[O-]. The van der Waals surface area contributed by atoms with Gasteiger partial charge in [0.1, 0.15) is 18.8 Å². The maximum atomic E-state index is 11.4. The zero-order valence-corrected chi connectivity index (χ0v) is 12.0. The first-order valence-electron chi connectivity index (χ1n) is 6.03. The van der Waals surface area contributed by atoms with Crippen LogP contribution in [0.2, 0.25) is 0 Å². The molecule has 1 rings (SSSR count). The highest BCUT2D eigenvalue weighted by Gasteiger charge is 2.25. The molecule has 0 heterocycles. The van der Waals surface area contributed by atoms with Crippen molar-refractivity contribution in [2.75, 3.05) is 32.2 Å². The number of aryl methyl sites for hydroxylation is 1. The predicted molar refractivity (Wildman–Crippen MR) is 74.1 cm³/mol. The van der Waals surface area contributed by atoms with E-state index in [9.17, 15) is 19.7 Å². The number of nitrogens with zero attached hydrogens (tertiary/aromatic N) is 2. The van der Waals surface area contributed by atoms with Gasteiger partial charge in [-0.1, -0.05) is 12.1 Å². The lowest BCUT2D eigenvalue weighted by Gasteiger charge is -2.22. The van der Waals surface area contributed by atoms with Crippen molar-refractivity contribution >= 4 is 23.3 Å². The van der Waals surface area contributed by atoms with Crippen LogP contribution >= 0.6 is 0 Å². The van der Waals surface area contributed by atoms with Gasteiger partial charge < -0.3 is 14.4 Å². The summed E-state index contributed by atoms with van der Waals surface area (Å²) in [6.07, 6.45) is 0. The van der Waals surface area contributed by atoms with Crippen LogP contribution in [-0.4, -0.2) is 44.2 Å². The van der Waals surface area contributed by atoms with Crippen LogP contribution < -0.4 is 4.90 Å². The van der Waals surface area contributed by atoms with Crippen molar-refractivity contribution in [1.82, 2.24) is 0 Å². The van der Waals surface area contributed by atoms with E-state index in [4.69, 9.17) is 0 Å². The van der Waals surface area contributed by atoms with Gasteiger partial charge in [0.15, 0.2) is 0 Å². The van der Waals surface area contributed by atoms with Crippen LogP contribution in [-0.2, 0) is 19.1 Å². The number of hydrogen-bond donors (Lipinski definition) is 0. The Hall–Kier alpha value is -2.64. The van der Waals surface area contributed by atoms with Gasteiger partial charge in [-0.2, -0.15) is 0 Å². The summed E-state index contributed by atoms with van der Waals surface area (Å²) in [4.78, 5) is 34.8. The molecule has 0 radical (unpaired) electrons. The standard InChI is InChI=1S/C13H16N2O6/c1-9-5-4-6-10(13(9)15(18)19)14(7-11(16)20-2)8-12(17)21-3/h4-6H,7-8H2,1-3H3. The Bertz CT molecular complexity index is 540. The summed E-state index contributed by atoms with van der Waals surface area (Å²) in [6.45, 7) is 0.988. The quantitative estimate of drug-likeness (QED) is 0.439. The lowest BCUT2D eigenvalue weighted by molar-refractivity contribution is -0.384. The van der Waals surface area contributed by atoms with E-state index in [1.165, 1.54) is 25.2 Å². The molecule has 8 heteroatoms. The Morgan fingerprint density at radius 2 is 1.71 bits per heavy atom. The number of benzene rings is 1. The minimum atomic E-state index is -0.616. The van der Waals surface area contributed by atoms with Crippen LogP contribution in [0.4, 0.5) is 11.4 Å². The Balaban J connectivity index is 3.24. The van der Waals surface area contributed by atoms with Gasteiger partial charge in [-0.05, 0) is 13.0 Å². The lowest BCUT2D eigenvalue weighted by Crippen LogP contribution is -2.36. The topological polar surface area (TPSA) is 99.0 Å². The second kappa shape index (κ2) is 7.22. The van der Waals surface area contributed by atoms with Crippen LogP contribution in [0.15, 0.2) is 18.2 Å². The monoisotopic (exact) mass is 296 g/mol. The molecule has 8 nitrogen and oxygen atoms in total. The molecule has 0 aliphatic rings. The summed E-state index contributed by atoms with van der Waals surface area (Å²) in [7, 11) is 2.40. The van der Waals surface area contributed by atoms with E-state index in [2.05, 4.69) is 9.47 Å².